The Morgan fingerprint density at radius 1 is 1.35 bits per heavy atom. The second-order valence-electron chi connectivity index (χ2n) is 4.80. The molecule has 2 rings (SSSR count). The molecule has 0 radical (unpaired) electrons. The van der Waals surface area contributed by atoms with E-state index in [1.54, 1.807) is 0 Å². The lowest BCUT2D eigenvalue weighted by Crippen LogP contribution is -2.43. The number of para-hydroxylation sites is 1. The van der Waals surface area contributed by atoms with Crippen molar-refractivity contribution in [2.45, 2.75) is 19.4 Å². The number of rotatable bonds is 4. The van der Waals surface area contributed by atoms with Crippen molar-refractivity contribution in [1.82, 2.24) is 4.90 Å². The van der Waals surface area contributed by atoms with Gasteiger partial charge in [0, 0.05) is 19.6 Å². The highest BCUT2D eigenvalue weighted by Crippen LogP contribution is 2.16. The molecule has 3 nitrogen and oxygen atoms in total. The summed E-state index contributed by atoms with van der Waals surface area (Å²) in [4.78, 5) is 2.36. The highest BCUT2D eigenvalue weighted by Gasteiger charge is 2.23. The summed E-state index contributed by atoms with van der Waals surface area (Å²) in [5, 5.41) is 9.64. The number of ether oxygens (including phenoxy) is 1. The molecule has 0 bridgehead atoms. The summed E-state index contributed by atoms with van der Waals surface area (Å²) in [5.41, 5.74) is 0. The van der Waals surface area contributed by atoms with Crippen molar-refractivity contribution >= 4 is 0 Å². The van der Waals surface area contributed by atoms with E-state index in [0.29, 0.717) is 12.5 Å². The normalized spacial score (nSPS) is 25.8. The van der Waals surface area contributed by atoms with Crippen molar-refractivity contribution in [3.8, 4) is 5.75 Å². The van der Waals surface area contributed by atoms with Gasteiger partial charge in [-0.15, -0.1) is 0 Å². The molecule has 1 fully saturated rings. The van der Waals surface area contributed by atoms with Crippen LogP contribution in [0.1, 0.15) is 13.3 Å². The molecule has 0 amide bonds. The molecule has 1 aliphatic heterocycles. The second-order valence-corrected chi connectivity index (χ2v) is 4.80. The molecular formula is C14H21NO2. The van der Waals surface area contributed by atoms with Crippen molar-refractivity contribution in [1.29, 1.82) is 0 Å². The molecule has 1 N–H and O–H groups in total. The van der Waals surface area contributed by atoms with Crippen LogP contribution in [-0.4, -0.2) is 42.4 Å². The Hall–Kier alpha value is -1.06. The number of piperidine rings is 1. The van der Waals surface area contributed by atoms with E-state index in [9.17, 15) is 5.11 Å². The van der Waals surface area contributed by atoms with Crippen LogP contribution in [0.5, 0.6) is 5.75 Å². The van der Waals surface area contributed by atoms with Crippen LogP contribution in [0.2, 0.25) is 0 Å². The van der Waals surface area contributed by atoms with Gasteiger partial charge in [0.2, 0.25) is 0 Å². The SMILES string of the molecule is CC1CN(CCOc2ccccc2)CCC1O. The van der Waals surface area contributed by atoms with Crippen LogP contribution >= 0.6 is 0 Å². The van der Waals surface area contributed by atoms with Crippen molar-refractivity contribution < 1.29 is 9.84 Å². The van der Waals surface area contributed by atoms with Crippen LogP contribution in [0.25, 0.3) is 0 Å². The molecule has 0 spiro atoms. The molecule has 2 unspecified atom stereocenters. The molecule has 1 aliphatic rings. The van der Waals surface area contributed by atoms with Crippen LogP contribution in [0.4, 0.5) is 0 Å². The lowest BCUT2D eigenvalue weighted by Gasteiger charge is -2.34. The van der Waals surface area contributed by atoms with Crippen LogP contribution in [0.3, 0.4) is 0 Å². The van der Waals surface area contributed by atoms with E-state index in [2.05, 4.69) is 11.8 Å². The first kappa shape index (κ1) is 12.4. The monoisotopic (exact) mass is 235 g/mol. The Morgan fingerprint density at radius 3 is 2.82 bits per heavy atom. The third-order valence-corrected chi connectivity index (χ3v) is 3.36. The zero-order chi connectivity index (χ0) is 12.1. The van der Waals surface area contributed by atoms with Gasteiger partial charge in [0.1, 0.15) is 12.4 Å². The zero-order valence-electron chi connectivity index (χ0n) is 10.4. The summed E-state index contributed by atoms with van der Waals surface area (Å²) in [6.45, 7) is 5.70. The van der Waals surface area contributed by atoms with Gasteiger partial charge in [-0.05, 0) is 24.5 Å². The van der Waals surface area contributed by atoms with Crippen LogP contribution in [-0.2, 0) is 0 Å². The fourth-order valence-electron chi connectivity index (χ4n) is 2.23. The predicted molar refractivity (Wildman–Crippen MR) is 68.2 cm³/mol. The maximum absolute atomic E-state index is 9.64. The van der Waals surface area contributed by atoms with Crippen LogP contribution < -0.4 is 4.74 Å². The Labute approximate surface area is 103 Å². The average Bonchev–Trinajstić information content (AvgIpc) is 2.35. The first-order valence-electron chi connectivity index (χ1n) is 6.34. The standard InChI is InChI=1S/C14H21NO2/c1-12-11-15(8-7-14(12)16)9-10-17-13-5-3-2-4-6-13/h2-6,12,14,16H,7-11H2,1H3. The molecule has 3 heteroatoms. The quantitative estimate of drug-likeness (QED) is 0.863. The molecule has 94 valence electrons. The van der Waals surface area contributed by atoms with Crippen molar-refractivity contribution in [2.24, 2.45) is 5.92 Å². The Morgan fingerprint density at radius 2 is 2.12 bits per heavy atom. The fourth-order valence-corrected chi connectivity index (χ4v) is 2.23. The van der Waals surface area contributed by atoms with E-state index < -0.39 is 0 Å². The fraction of sp³-hybridized carbons (Fsp3) is 0.571. The first-order valence-corrected chi connectivity index (χ1v) is 6.34. The van der Waals surface area contributed by atoms with Crippen molar-refractivity contribution in [3.05, 3.63) is 30.3 Å². The van der Waals surface area contributed by atoms with E-state index in [4.69, 9.17) is 4.74 Å². The van der Waals surface area contributed by atoms with E-state index in [-0.39, 0.29) is 6.10 Å². The number of benzene rings is 1. The minimum absolute atomic E-state index is 0.124. The smallest absolute Gasteiger partial charge is 0.119 e. The van der Waals surface area contributed by atoms with Crippen LogP contribution in [0.15, 0.2) is 30.3 Å². The highest BCUT2D eigenvalue weighted by atomic mass is 16.5. The van der Waals surface area contributed by atoms with Gasteiger partial charge in [0.15, 0.2) is 0 Å². The number of nitrogens with zero attached hydrogens (tertiary/aromatic N) is 1. The number of hydrogen-bond donors (Lipinski definition) is 1. The molecule has 1 aromatic rings. The van der Waals surface area contributed by atoms with Gasteiger partial charge in [-0.3, -0.25) is 4.90 Å². The second kappa shape index (κ2) is 6.03. The van der Waals surface area contributed by atoms with E-state index in [1.807, 2.05) is 30.3 Å². The molecule has 0 aliphatic carbocycles. The summed E-state index contributed by atoms with van der Waals surface area (Å²) in [7, 11) is 0. The summed E-state index contributed by atoms with van der Waals surface area (Å²) in [6.07, 6.45) is 0.758. The molecule has 0 aromatic heterocycles. The maximum atomic E-state index is 9.64. The van der Waals surface area contributed by atoms with Crippen LogP contribution in [0, 0.1) is 5.92 Å². The highest BCUT2D eigenvalue weighted by molar-refractivity contribution is 5.20. The van der Waals surface area contributed by atoms with E-state index in [0.717, 1.165) is 31.8 Å². The molecule has 1 saturated heterocycles. The number of hydrogen-bond acceptors (Lipinski definition) is 3. The van der Waals surface area contributed by atoms with Crippen molar-refractivity contribution in [3.63, 3.8) is 0 Å². The summed E-state index contributed by atoms with van der Waals surface area (Å²) < 4.78 is 5.67. The largest absolute Gasteiger partial charge is 0.492 e. The predicted octanol–water partition coefficient (Wildman–Crippen LogP) is 1.77. The van der Waals surface area contributed by atoms with Gasteiger partial charge in [-0.2, -0.15) is 0 Å². The molecule has 1 aromatic carbocycles. The molecule has 17 heavy (non-hydrogen) atoms. The Kier molecular flexibility index (Phi) is 4.40. The lowest BCUT2D eigenvalue weighted by molar-refractivity contribution is 0.0304. The average molecular weight is 235 g/mol. The molecule has 2 atom stereocenters. The number of aliphatic hydroxyl groups excluding tert-OH is 1. The Bertz CT molecular complexity index is 328. The zero-order valence-corrected chi connectivity index (χ0v) is 10.4. The maximum Gasteiger partial charge on any atom is 0.119 e. The van der Waals surface area contributed by atoms with Gasteiger partial charge in [0.05, 0.1) is 6.10 Å². The third-order valence-electron chi connectivity index (χ3n) is 3.36. The van der Waals surface area contributed by atoms with Gasteiger partial charge in [-0.25, -0.2) is 0 Å². The molecule has 0 saturated carbocycles. The van der Waals surface area contributed by atoms with Gasteiger partial charge in [-0.1, -0.05) is 25.1 Å². The van der Waals surface area contributed by atoms with Gasteiger partial charge in [0.25, 0.3) is 0 Å². The van der Waals surface area contributed by atoms with Crippen molar-refractivity contribution in [2.75, 3.05) is 26.2 Å². The van der Waals surface area contributed by atoms with Gasteiger partial charge < -0.3 is 9.84 Å². The van der Waals surface area contributed by atoms with Gasteiger partial charge >= 0.3 is 0 Å². The number of aliphatic hydroxyl groups is 1. The lowest BCUT2D eigenvalue weighted by atomic mass is 9.97. The summed E-state index contributed by atoms with van der Waals surface area (Å²) >= 11 is 0. The molecule has 1 heterocycles. The minimum atomic E-state index is -0.124. The third kappa shape index (κ3) is 3.72. The Balaban J connectivity index is 1.69. The first-order chi connectivity index (χ1) is 8.25. The topological polar surface area (TPSA) is 32.7 Å². The van der Waals surface area contributed by atoms with E-state index >= 15 is 0 Å². The molecular weight excluding hydrogens is 214 g/mol. The van der Waals surface area contributed by atoms with E-state index in [1.165, 1.54) is 0 Å². The number of likely N-dealkylation sites (tertiary alicyclic amines) is 1. The minimum Gasteiger partial charge on any atom is -0.492 e. The summed E-state index contributed by atoms with van der Waals surface area (Å²) in [5.74, 6) is 1.30. The summed E-state index contributed by atoms with van der Waals surface area (Å²) in [6, 6.07) is 9.90.